The van der Waals surface area contributed by atoms with Crippen LogP contribution in [0.2, 0.25) is 0 Å². The highest BCUT2D eigenvalue weighted by molar-refractivity contribution is 7.09. The lowest BCUT2D eigenvalue weighted by Gasteiger charge is -2.21. The summed E-state index contributed by atoms with van der Waals surface area (Å²) in [5, 5.41) is 3.35. The normalized spacial score (nSPS) is 12.4. The molecule has 0 radical (unpaired) electrons. The predicted molar refractivity (Wildman–Crippen MR) is 75.5 cm³/mol. The summed E-state index contributed by atoms with van der Waals surface area (Å²) < 4.78 is 5.53. The van der Waals surface area contributed by atoms with Gasteiger partial charge in [-0.3, -0.25) is 4.98 Å². The SMILES string of the molecule is CNC(c1cncs1)c1c(C)cc(C)cc1OC. The Bertz CT molecular complexity index is 523. The molecule has 3 nitrogen and oxygen atoms in total. The zero-order valence-corrected chi connectivity index (χ0v) is 12.0. The first-order valence-electron chi connectivity index (χ1n) is 5.88. The van der Waals surface area contributed by atoms with Gasteiger partial charge in [-0.25, -0.2) is 0 Å². The average molecular weight is 262 g/mol. The van der Waals surface area contributed by atoms with Crippen molar-refractivity contribution in [2.24, 2.45) is 0 Å². The molecule has 0 bridgehead atoms. The van der Waals surface area contributed by atoms with Crippen LogP contribution in [0.3, 0.4) is 0 Å². The van der Waals surface area contributed by atoms with Crippen molar-refractivity contribution in [1.29, 1.82) is 0 Å². The smallest absolute Gasteiger partial charge is 0.124 e. The molecular weight excluding hydrogens is 244 g/mol. The minimum absolute atomic E-state index is 0.132. The Morgan fingerprint density at radius 2 is 2.11 bits per heavy atom. The van der Waals surface area contributed by atoms with Crippen molar-refractivity contribution in [3.63, 3.8) is 0 Å². The third-order valence-electron chi connectivity index (χ3n) is 3.03. The summed E-state index contributed by atoms with van der Waals surface area (Å²) in [6.07, 6.45) is 1.91. The maximum Gasteiger partial charge on any atom is 0.124 e. The Morgan fingerprint density at radius 1 is 1.33 bits per heavy atom. The molecule has 1 atom stereocenters. The van der Waals surface area contributed by atoms with Gasteiger partial charge >= 0.3 is 0 Å². The fraction of sp³-hybridized carbons (Fsp3) is 0.357. The van der Waals surface area contributed by atoms with E-state index in [2.05, 4.69) is 36.3 Å². The van der Waals surface area contributed by atoms with Crippen molar-refractivity contribution in [3.8, 4) is 5.75 Å². The van der Waals surface area contributed by atoms with Gasteiger partial charge in [0, 0.05) is 16.6 Å². The standard InChI is InChI=1S/C14H18N2OS/c1-9-5-10(2)13(11(6-9)17-4)14(15-3)12-7-16-8-18-12/h5-8,14-15H,1-4H3. The third-order valence-corrected chi connectivity index (χ3v) is 3.87. The maximum absolute atomic E-state index is 5.53. The van der Waals surface area contributed by atoms with Gasteiger partial charge in [-0.05, 0) is 38.1 Å². The van der Waals surface area contributed by atoms with Crippen molar-refractivity contribution in [3.05, 3.63) is 45.4 Å². The molecule has 1 aromatic heterocycles. The van der Waals surface area contributed by atoms with Crippen LogP contribution >= 0.6 is 11.3 Å². The molecule has 1 N–H and O–H groups in total. The van der Waals surface area contributed by atoms with E-state index in [4.69, 9.17) is 4.74 Å². The van der Waals surface area contributed by atoms with Crippen LogP contribution in [0.1, 0.15) is 27.6 Å². The zero-order chi connectivity index (χ0) is 13.1. The lowest BCUT2D eigenvalue weighted by molar-refractivity contribution is 0.404. The van der Waals surface area contributed by atoms with Crippen molar-refractivity contribution in [2.45, 2.75) is 19.9 Å². The lowest BCUT2D eigenvalue weighted by Crippen LogP contribution is -2.18. The summed E-state index contributed by atoms with van der Waals surface area (Å²) in [6.45, 7) is 4.20. The van der Waals surface area contributed by atoms with Gasteiger partial charge in [0.1, 0.15) is 5.75 Å². The molecule has 0 amide bonds. The van der Waals surface area contributed by atoms with Crippen LogP contribution in [0, 0.1) is 13.8 Å². The van der Waals surface area contributed by atoms with Gasteiger partial charge in [-0.2, -0.15) is 0 Å². The van der Waals surface area contributed by atoms with Gasteiger partial charge in [-0.1, -0.05) is 6.07 Å². The first-order valence-corrected chi connectivity index (χ1v) is 6.76. The number of aromatic nitrogens is 1. The first-order chi connectivity index (χ1) is 8.67. The topological polar surface area (TPSA) is 34.2 Å². The second kappa shape index (κ2) is 5.50. The summed E-state index contributed by atoms with van der Waals surface area (Å²) in [6, 6.07) is 4.39. The van der Waals surface area contributed by atoms with Crippen LogP contribution in [0.15, 0.2) is 23.8 Å². The highest BCUT2D eigenvalue weighted by atomic mass is 32.1. The van der Waals surface area contributed by atoms with E-state index in [1.807, 2.05) is 18.8 Å². The minimum Gasteiger partial charge on any atom is -0.496 e. The van der Waals surface area contributed by atoms with E-state index in [1.165, 1.54) is 21.6 Å². The molecule has 0 spiro atoms. The van der Waals surface area contributed by atoms with Crippen LogP contribution < -0.4 is 10.1 Å². The molecule has 0 saturated carbocycles. The lowest BCUT2D eigenvalue weighted by atomic mass is 9.97. The Balaban J connectivity index is 2.55. The van der Waals surface area contributed by atoms with Gasteiger partial charge < -0.3 is 10.1 Å². The molecule has 96 valence electrons. The summed E-state index contributed by atoms with van der Waals surface area (Å²) in [5.41, 5.74) is 5.50. The molecule has 2 rings (SSSR count). The van der Waals surface area contributed by atoms with E-state index in [-0.39, 0.29) is 6.04 Å². The Morgan fingerprint density at radius 3 is 2.67 bits per heavy atom. The Hall–Kier alpha value is -1.39. The molecule has 1 unspecified atom stereocenters. The summed E-state index contributed by atoms with van der Waals surface area (Å²) in [7, 11) is 3.68. The number of ether oxygens (including phenoxy) is 1. The fourth-order valence-corrected chi connectivity index (χ4v) is 3.01. The number of nitrogens with one attached hydrogen (secondary N) is 1. The Kier molecular flexibility index (Phi) is 3.99. The number of hydrogen-bond donors (Lipinski definition) is 1. The molecule has 18 heavy (non-hydrogen) atoms. The molecular formula is C14H18N2OS. The molecule has 4 heteroatoms. The third kappa shape index (κ3) is 2.40. The fourth-order valence-electron chi connectivity index (χ4n) is 2.28. The molecule has 1 aromatic carbocycles. The molecule has 0 fully saturated rings. The minimum atomic E-state index is 0.132. The molecule has 2 aromatic rings. The molecule has 1 heterocycles. The predicted octanol–water partition coefficient (Wildman–Crippen LogP) is 3.08. The molecule has 0 saturated heterocycles. The van der Waals surface area contributed by atoms with Crippen LogP contribution in [0.25, 0.3) is 0 Å². The van der Waals surface area contributed by atoms with Crippen molar-refractivity contribution < 1.29 is 4.74 Å². The van der Waals surface area contributed by atoms with E-state index in [1.54, 1.807) is 18.4 Å². The number of hydrogen-bond acceptors (Lipinski definition) is 4. The summed E-state index contributed by atoms with van der Waals surface area (Å²) >= 11 is 1.65. The highest BCUT2D eigenvalue weighted by Gasteiger charge is 2.20. The highest BCUT2D eigenvalue weighted by Crippen LogP contribution is 2.34. The number of methoxy groups -OCH3 is 1. The number of aryl methyl sites for hydroxylation is 2. The van der Waals surface area contributed by atoms with Crippen molar-refractivity contribution in [1.82, 2.24) is 10.3 Å². The molecule has 0 aliphatic heterocycles. The van der Waals surface area contributed by atoms with Gasteiger partial charge in [0.15, 0.2) is 0 Å². The summed E-state index contributed by atoms with van der Waals surface area (Å²) in [5.74, 6) is 0.931. The monoisotopic (exact) mass is 262 g/mol. The van der Waals surface area contributed by atoms with E-state index in [9.17, 15) is 0 Å². The van der Waals surface area contributed by atoms with Crippen LogP contribution in [0.4, 0.5) is 0 Å². The summed E-state index contributed by atoms with van der Waals surface area (Å²) in [4.78, 5) is 5.35. The molecule has 0 aliphatic carbocycles. The number of thiazole rings is 1. The maximum atomic E-state index is 5.53. The van der Waals surface area contributed by atoms with E-state index in [0.717, 1.165) is 5.75 Å². The van der Waals surface area contributed by atoms with Crippen LogP contribution in [-0.4, -0.2) is 19.1 Å². The van der Waals surface area contributed by atoms with E-state index < -0.39 is 0 Å². The van der Waals surface area contributed by atoms with Crippen molar-refractivity contribution >= 4 is 11.3 Å². The van der Waals surface area contributed by atoms with E-state index in [0.29, 0.717) is 0 Å². The van der Waals surface area contributed by atoms with Crippen LogP contribution in [-0.2, 0) is 0 Å². The number of benzene rings is 1. The van der Waals surface area contributed by atoms with E-state index >= 15 is 0 Å². The largest absolute Gasteiger partial charge is 0.496 e. The van der Waals surface area contributed by atoms with Gasteiger partial charge in [-0.15, -0.1) is 11.3 Å². The number of nitrogens with zero attached hydrogens (tertiary/aromatic N) is 1. The average Bonchev–Trinajstić information content (AvgIpc) is 2.85. The number of rotatable bonds is 4. The Labute approximate surface area is 112 Å². The second-order valence-electron chi connectivity index (χ2n) is 4.32. The van der Waals surface area contributed by atoms with Gasteiger partial charge in [0.2, 0.25) is 0 Å². The molecule has 0 aliphatic rings. The quantitative estimate of drug-likeness (QED) is 0.919. The van der Waals surface area contributed by atoms with Crippen molar-refractivity contribution in [2.75, 3.05) is 14.2 Å². The van der Waals surface area contributed by atoms with Gasteiger partial charge in [0.25, 0.3) is 0 Å². The zero-order valence-electron chi connectivity index (χ0n) is 11.2. The van der Waals surface area contributed by atoms with Gasteiger partial charge in [0.05, 0.1) is 18.7 Å². The second-order valence-corrected chi connectivity index (χ2v) is 5.24. The first kappa shape index (κ1) is 13.1. The van der Waals surface area contributed by atoms with Crippen LogP contribution in [0.5, 0.6) is 5.75 Å².